The molecule has 3 aromatic rings. The first-order valence-corrected chi connectivity index (χ1v) is 9.45. The fraction of sp³-hybridized carbons (Fsp3) is 0.294. The Hall–Kier alpha value is -2.25. The molecular weight excluding hydrogens is 324 g/mol. The van der Waals surface area contributed by atoms with Crippen molar-refractivity contribution in [3.05, 3.63) is 54.6 Å². The molecule has 7 heteroatoms. The van der Waals surface area contributed by atoms with Crippen LogP contribution in [0.15, 0.2) is 59.5 Å². The Morgan fingerprint density at radius 3 is 2.33 bits per heavy atom. The van der Waals surface area contributed by atoms with Crippen molar-refractivity contribution in [3.63, 3.8) is 0 Å². The lowest BCUT2D eigenvalue weighted by atomic mass is 10.1. The Kier molecular flexibility index (Phi) is 3.82. The first kappa shape index (κ1) is 15.3. The van der Waals surface area contributed by atoms with Crippen LogP contribution in [0.1, 0.15) is 18.9 Å². The summed E-state index contributed by atoms with van der Waals surface area (Å²) in [4.78, 5) is 0.356. The van der Waals surface area contributed by atoms with E-state index in [0.29, 0.717) is 18.0 Å². The van der Waals surface area contributed by atoms with E-state index in [1.165, 1.54) is 0 Å². The van der Waals surface area contributed by atoms with Crippen molar-refractivity contribution in [2.24, 2.45) is 0 Å². The number of sulfonamides is 1. The molecule has 4 rings (SSSR count). The standard InChI is InChI=1S/C17H18N4O2S/c22-24(23,15-6-2-1-3-7-15)20-12-10-14(11-13-20)21-17-9-5-4-8-16(17)18-19-21/h1-9,14H,10-13H2. The van der Waals surface area contributed by atoms with E-state index in [2.05, 4.69) is 10.3 Å². The molecule has 24 heavy (non-hydrogen) atoms. The van der Waals surface area contributed by atoms with Crippen LogP contribution in [0.2, 0.25) is 0 Å². The molecule has 2 aromatic carbocycles. The second-order valence-electron chi connectivity index (χ2n) is 5.97. The monoisotopic (exact) mass is 342 g/mol. The average molecular weight is 342 g/mol. The van der Waals surface area contributed by atoms with E-state index in [0.717, 1.165) is 23.9 Å². The van der Waals surface area contributed by atoms with Gasteiger partial charge >= 0.3 is 0 Å². The molecule has 1 aliphatic heterocycles. The topological polar surface area (TPSA) is 68.1 Å². The van der Waals surface area contributed by atoms with Crippen LogP contribution in [0.3, 0.4) is 0 Å². The fourth-order valence-corrected chi connectivity index (χ4v) is 4.72. The lowest BCUT2D eigenvalue weighted by molar-refractivity contribution is 0.263. The number of fused-ring (bicyclic) bond motifs is 1. The number of piperidine rings is 1. The number of rotatable bonds is 3. The molecule has 2 heterocycles. The predicted molar refractivity (Wildman–Crippen MR) is 91.0 cm³/mol. The summed E-state index contributed by atoms with van der Waals surface area (Å²) in [5, 5.41) is 8.45. The number of para-hydroxylation sites is 1. The van der Waals surface area contributed by atoms with Crippen molar-refractivity contribution in [2.75, 3.05) is 13.1 Å². The number of hydrogen-bond donors (Lipinski definition) is 0. The Bertz CT molecular complexity index is 945. The zero-order valence-electron chi connectivity index (χ0n) is 13.1. The minimum atomic E-state index is -3.41. The number of benzene rings is 2. The van der Waals surface area contributed by atoms with Crippen molar-refractivity contribution in [1.29, 1.82) is 0 Å². The van der Waals surface area contributed by atoms with Crippen molar-refractivity contribution < 1.29 is 8.42 Å². The number of nitrogens with zero attached hydrogens (tertiary/aromatic N) is 4. The quantitative estimate of drug-likeness (QED) is 0.733. The van der Waals surface area contributed by atoms with Crippen molar-refractivity contribution >= 4 is 21.1 Å². The van der Waals surface area contributed by atoms with E-state index in [1.807, 2.05) is 35.0 Å². The minimum Gasteiger partial charge on any atom is -0.242 e. The molecule has 0 aliphatic carbocycles. The van der Waals surface area contributed by atoms with Crippen LogP contribution in [0.4, 0.5) is 0 Å². The van der Waals surface area contributed by atoms with Crippen LogP contribution < -0.4 is 0 Å². The van der Waals surface area contributed by atoms with Gasteiger partial charge < -0.3 is 0 Å². The largest absolute Gasteiger partial charge is 0.243 e. The SMILES string of the molecule is O=S(=O)(c1ccccc1)N1CCC(n2nnc3ccccc32)CC1. The van der Waals surface area contributed by atoms with E-state index in [9.17, 15) is 8.42 Å². The van der Waals surface area contributed by atoms with Gasteiger partial charge in [0.2, 0.25) is 10.0 Å². The number of aromatic nitrogens is 3. The van der Waals surface area contributed by atoms with Crippen LogP contribution in [-0.2, 0) is 10.0 Å². The Morgan fingerprint density at radius 2 is 1.58 bits per heavy atom. The van der Waals surface area contributed by atoms with E-state index in [-0.39, 0.29) is 6.04 Å². The van der Waals surface area contributed by atoms with Crippen LogP contribution >= 0.6 is 0 Å². The summed E-state index contributed by atoms with van der Waals surface area (Å²) in [7, 11) is -3.41. The van der Waals surface area contributed by atoms with E-state index in [4.69, 9.17) is 0 Å². The summed E-state index contributed by atoms with van der Waals surface area (Å²) in [6.45, 7) is 0.992. The van der Waals surface area contributed by atoms with Gasteiger partial charge in [-0.05, 0) is 37.1 Å². The third kappa shape index (κ3) is 2.59. The van der Waals surface area contributed by atoms with Gasteiger partial charge in [-0.1, -0.05) is 35.5 Å². The highest BCUT2D eigenvalue weighted by molar-refractivity contribution is 7.89. The molecule has 0 bridgehead atoms. The zero-order valence-corrected chi connectivity index (χ0v) is 13.9. The summed E-state index contributed by atoms with van der Waals surface area (Å²) < 4.78 is 28.9. The Labute approximate surface area is 140 Å². The second-order valence-corrected chi connectivity index (χ2v) is 7.91. The van der Waals surface area contributed by atoms with E-state index >= 15 is 0 Å². The summed E-state index contributed by atoms with van der Waals surface area (Å²) in [6, 6.07) is 16.6. The first-order chi connectivity index (χ1) is 11.7. The second kappa shape index (κ2) is 5.99. The zero-order chi connectivity index (χ0) is 16.6. The van der Waals surface area contributed by atoms with E-state index < -0.39 is 10.0 Å². The first-order valence-electron chi connectivity index (χ1n) is 8.01. The Balaban J connectivity index is 1.53. The summed E-state index contributed by atoms with van der Waals surface area (Å²) in [6.07, 6.45) is 1.47. The van der Waals surface area contributed by atoms with Crippen LogP contribution in [-0.4, -0.2) is 40.8 Å². The third-order valence-corrected chi connectivity index (χ3v) is 6.44. The average Bonchev–Trinajstić information content (AvgIpc) is 3.07. The summed E-state index contributed by atoms with van der Waals surface area (Å²) in [5.74, 6) is 0. The molecule has 1 aromatic heterocycles. The van der Waals surface area contributed by atoms with Gasteiger partial charge in [-0.25, -0.2) is 13.1 Å². The maximum atomic E-state index is 12.7. The number of hydrogen-bond acceptors (Lipinski definition) is 4. The molecule has 1 aliphatic rings. The lowest BCUT2D eigenvalue weighted by Gasteiger charge is -2.31. The maximum absolute atomic E-state index is 12.7. The molecule has 6 nitrogen and oxygen atoms in total. The van der Waals surface area contributed by atoms with Crippen LogP contribution in [0.25, 0.3) is 11.0 Å². The smallest absolute Gasteiger partial charge is 0.242 e. The van der Waals surface area contributed by atoms with Gasteiger partial charge in [0, 0.05) is 13.1 Å². The van der Waals surface area contributed by atoms with Gasteiger partial charge in [0.1, 0.15) is 5.52 Å². The molecule has 124 valence electrons. The van der Waals surface area contributed by atoms with Crippen LogP contribution in [0, 0.1) is 0 Å². The molecule has 1 fully saturated rings. The maximum Gasteiger partial charge on any atom is 0.243 e. The molecule has 1 saturated heterocycles. The van der Waals surface area contributed by atoms with Crippen molar-refractivity contribution in [2.45, 2.75) is 23.8 Å². The normalized spacial score (nSPS) is 17.3. The predicted octanol–water partition coefficient (Wildman–Crippen LogP) is 2.46. The minimum absolute atomic E-state index is 0.180. The molecule has 0 N–H and O–H groups in total. The highest BCUT2D eigenvalue weighted by Gasteiger charge is 2.30. The van der Waals surface area contributed by atoms with Gasteiger partial charge in [-0.2, -0.15) is 4.31 Å². The third-order valence-electron chi connectivity index (χ3n) is 4.53. The van der Waals surface area contributed by atoms with Crippen molar-refractivity contribution in [1.82, 2.24) is 19.3 Å². The van der Waals surface area contributed by atoms with Gasteiger partial charge in [0.05, 0.1) is 16.5 Å². The molecule has 0 unspecified atom stereocenters. The van der Waals surface area contributed by atoms with Crippen molar-refractivity contribution in [3.8, 4) is 0 Å². The molecule has 0 atom stereocenters. The van der Waals surface area contributed by atoms with Gasteiger partial charge in [-0.3, -0.25) is 0 Å². The Morgan fingerprint density at radius 1 is 0.917 bits per heavy atom. The van der Waals surface area contributed by atoms with Gasteiger partial charge in [0.15, 0.2) is 0 Å². The molecule has 0 amide bonds. The van der Waals surface area contributed by atoms with E-state index in [1.54, 1.807) is 28.6 Å². The molecule has 0 spiro atoms. The van der Waals surface area contributed by atoms with Gasteiger partial charge in [0.25, 0.3) is 0 Å². The summed E-state index contributed by atoms with van der Waals surface area (Å²) >= 11 is 0. The van der Waals surface area contributed by atoms with Gasteiger partial charge in [-0.15, -0.1) is 5.10 Å². The highest BCUT2D eigenvalue weighted by atomic mass is 32.2. The molecular formula is C17H18N4O2S. The highest BCUT2D eigenvalue weighted by Crippen LogP contribution is 2.28. The fourth-order valence-electron chi connectivity index (χ4n) is 3.23. The molecule has 0 saturated carbocycles. The molecule has 0 radical (unpaired) electrons. The summed E-state index contributed by atoms with van der Waals surface area (Å²) in [5.41, 5.74) is 1.87. The lowest BCUT2D eigenvalue weighted by Crippen LogP contribution is -2.39. The van der Waals surface area contributed by atoms with Crippen LogP contribution in [0.5, 0.6) is 0 Å².